The molecule has 2 rings (SSSR count). The van der Waals surface area contributed by atoms with Gasteiger partial charge < -0.3 is 20.4 Å². The molecule has 0 saturated heterocycles. The van der Waals surface area contributed by atoms with Crippen LogP contribution >= 0.6 is 0 Å². The van der Waals surface area contributed by atoms with Crippen molar-refractivity contribution in [3.8, 4) is 23.0 Å². The highest BCUT2D eigenvalue weighted by Gasteiger charge is 2.29. The lowest BCUT2D eigenvalue weighted by Crippen LogP contribution is -2.19. The Morgan fingerprint density at radius 2 is 1.52 bits per heavy atom. The Hall–Kier alpha value is -2.36. The molecule has 2 aromatic rings. The van der Waals surface area contributed by atoms with Crippen LogP contribution in [0.2, 0.25) is 0 Å². The summed E-state index contributed by atoms with van der Waals surface area (Å²) >= 11 is 0. The highest BCUT2D eigenvalue weighted by molar-refractivity contribution is 5.58. The van der Waals surface area contributed by atoms with Gasteiger partial charge >= 0.3 is 0 Å². The van der Waals surface area contributed by atoms with Gasteiger partial charge in [0.15, 0.2) is 11.5 Å². The molecule has 0 amide bonds. The summed E-state index contributed by atoms with van der Waals surface area (Å²) in [5.74, 6) is -0.720. The Bertz CT molecular complexity index is 720. The van der Waals surface area contributed by atoms with E-state index in [0.717, 1.165) is 17.5 Å². The molecule has 4 nitrogen and oxygen atoms in total. The van der Waals surface area contributed by atoms with E-state index < -0.39 is 11.2 Å². The minimum absolute atomic E-state index is 0.215. The second-order valence-electron chi connectivity index (χ2n) is 6.54. The van der Waals surface area contributed by atoms with Gasteiger partial charge in [0.2, 0.25) is 5.75 Å². The number of hydrogen-bond donors (Lipinski definition) is 4. The molecule has 0 spiro atoms. The first kappa shape index (κ1) is 17.0. The van der Waals surface area contributed by atoms with E-state index in [1.54, 1.807) is 12.1 Å². The average Bonchev–Trinajstić information content (AvgIpc) is 2.51. The molecular formula is C19H24O4. The first-order valence-corrected chi connectivity index (χ1v) is 7.77. The van der Waals surface area contributed by atoms with Gasteiger partial charge in [0.25, 0.3) is 0 Å². The van der Waals surface area contributed by atoms with Gasteiger partial charge in [-0.05, 0) is 35.6 Å². The van der Waals surface area contributed by atoms with Crippen LogP contribution < -0.4 is 0 Å². The van der Waals surface area contributed by atoms with Crippen molar-refractivity contribution >= 4 is 0 Å². The molecule has 0 bridgehead atoms. The van der Waals surface area contributed by atoms with Crippen LogP contribution in [0, 0.1) is 0 Å². The van der Waals surface area contributed by atoms with Crippen LogP contribution in [0.5, 0.6) is 23.0 Å². The van der Waals surface area contributed by atoms with Crippen LogP contribution in [0.1, 0.15) is 56.7 Å². The molecule has 1 atom stereocenters. The van der Waals surface area contributed by atoms with E-state index in [0.29, 0.717) is 5.56 Å². The van der Waals surface area contributed by atoms with Gasteiger partial charge in [-0.15, -0.1) is 0 Å². The minimum Gasteiger partial charge on any atom is -0.508 e. The zero-order valence-corrected chi connectivity index (χ0v) is 14.0. The summed E-state index contributed by atoms with van der Waals surface area (Å²) in [6.45, 7) is 7.96. The van der Waals surface area contributed by atoms with Crippen molar-refractivity contribution in [3.63, 3.8) is 0 Å². The van der Waals surface area contributed by atoms with Gasteiger partial charge in [0.1, 0.15) is 5.75 Å². The van der Waals surface area contributed by atoms with Gasteiger partial charge in [-0.2, -0.15) is 0 Å². The van der Waals surface area contributed by atoms with E-state index >= 15 is 0 Å². The minimum atomic E-state index is -0.606. The van der Waals surface area contributed by atoms with Crippen molar-refractivity contribution < 1.29 is 20.4 Å². The molecule has 124 valence electrons. The fraction of sp³-hybridized carbons (Fsp3) is 0.368. The van der Waals surface area contributed by atoms with Crippen LogP contribution in [0.3, 0.4) is 0 Å². The second kappa shape index (κ2) is 6.03. The summed E-state index contributed by atoms with van der Waals surface area (Å²) in [7, 11) is 0. The summed E-state index contributed by atoms with van der Waals surface area (Å²) < 4.78 is 0. The van der Waals surface area contributed by atoms with Crippen LogP contribution in [0.25, 0.3) is 0 Å². The quantitative estimate of drug-likeness (QED) is 0.632. The van der Waals surface area contributed by atoms with Crippen LogP contribution in [-0.2, 0) is 5.41 Å². The number of hydrogen-bond acceptors (Lipinski definition) is 4. The van der Waals surface area contributed by atoms with Gasteiger partial charge in [-0.1, -0.05) is 45.9 Å². The number of aromatic hydroxyl groups is 4. The smallest absolute Gasteiger partial charge is 0.200 e. The largest absolute Gasteiger partial charge is 0.508 e. The standard InChI is InChI=1S/C19H24O4/c1-5-11(2)13-10-12(6-8-15(13)20)19(3,4)14-7-9-16(21)18(23)17(14)22/h6-11,20-23H,5H2,1-4H3. The Morgan fingerprint density at radius 3 is 2.13 bits per heavy atom. The van der Waals surface area contributed by atoms with Crippen LogP contribution in [-0.4, -0.2) is 20.4 Å². The maximum absolute atomic E-state index is 10.2. The molecule has 4 N–H and O–H groups in total. The van der Waals surface area contributed by atoms with Crippen molar-refractivity contribution in [1.29, 1.82) is 0 Å². The molecule has 0 heterocycles. The molecule has 0 aliphatic rings. The first-order chi connectivity index (χ1) is 10.7. The summed E-state index contributed by atoms with van der Waals surface area (Å²) in [6, 6.07) is 8.37. The lowest BCUT2D eigenvalue weighted by molar-refractivity contribution is 0.360. The third kappa shape index (κ3) is 2.93. The van der Waals surface area contributed by atoms with Crippen LogP contribution in [0.15, 0.2) is 30.3 Å². The lowest BCUT2D eigenvalue weighted by Gasteiger charge is -2.28. The van der Waals surface area contributed by atoms with Crippen molar-refractivity contribution in [1.82, 2.24) is 0 Å². The molecule has 2 aromatic carbocycles. The molecule has 23 heavy (non-hydrogen) atoms. The number of phenolic OH excluding ortho intramolecular Hbond substituents is 4. The van der Waals surface area contributed by atoms with E-state index in [1.807, 2.05) is 26.0 Å². The van der Waals surface area contributed by atoms with E-state index in [2.05, 4.69) is 13.8 Å². The maximum atomic E-state index is 10.2. The third-order valence-electron chi connectivity index (χ3n) is 4.70. The average molecular weight is 316 g/mol. The van der Waals surface area contributed by atoms with Gasteiger partial charge in [0.05, 0.1) is 0 Å². The monoisotopic (exact) mass is 316 g/mol. The molecule has 0 aliphatic heterocycles. The summed E-state index contributed by atoms with van der Waals surface area (Å²) in [5.41, 5.74) is 1.67. The summed E-state index contributed by atoms with van der Waals surface area (Å²) in [4.78, 5) is 0. The van der Waals surface area contributed by atoms with Gasteiger partial charge in [0, 0.05) is 11.0 Å². The molecule has 0 radical (unpaired) electrons. The highest BCUT2D eigenvalue weighted by atomic mass is 16.3. The summed E-state index contributed by atoms with van der Waals surface area (Å²) in [6.07, 6.45) is 0.905. The van der Waals surface area contributed by atoms with Crippen LogP contribution in [0.4, 0.5) is 0 Å². The van der Waals surface area contributed by atoms with Crippen molar-refractivity contribution in [2.75, 3.05) is 0 Å². The summed E-state index contributed by atoms with van der Waals surface area (Å²) in [5, 5.41) is 39.6. The number of rotatable bonds is 4. The van der Waals surface area contributed by atoms with Gasteiger partial charge in [-0.3, -0.25) is 0 Å². The zero-order chi connectivity index (χ0) is 17.4. The normalized spacial score (nSPS) is 13.0. The van der Waals surface area contributed by atoms with E-state index in [4.69, 9.17) is 0 Å². The topological polar surface area (TPSA) is 80.9 Å². The predicted molar refractivity (Wildman–Crippen MR) is 90.4 cm³/mol. The fourth-order valence-electron chi connectivity index (χ4n) is 2.79. The van der Waals surface area contributed by atoms with Crippen molar-refractivity contribution in [2.45, 2.75) is 45.4 Å². The predicted octanol–water partition coefficient (Wildman–Crippen LogP) is 4.35. The Kier molecular flexibility index (Phi) is 4.46. The molecule has 0 aromatic heterocycles. The molecule has 4 heteroatoms. The van der Waals surface area contributed by atoms with E-state index in [1.165, 1.54) is 6.07 Å². The molecule has 0 saturated carbocycles. The van der Waals surface area contributed by atoms with E-state index in [9.17, 15) is 20.4 Å². The van der Waals surface area contributed by atoms with Gasteiger partial charge in [-0.25, -0.2) is 0 Å². The Balaban J connectivity index is 2.58. The second-order valence-corrected chi connectivity index (χ2v) is 6.54. The number of benzene rings is 2. The lowest BCUT2D eigenvalue weighted by atomic mass is 9.76. The SMILES string of the molecule is CCC(C)c1cc(C(C)(C)c2ccc(O)c(O)c2O)ccc1O. The molecular weight excluding hydrogens is 292 g/mol. The first-order valence-electron chi connectivity index (χ1n) is 7.77. The Labute approximate surface area is 136 Å². The van der Waals surface area contributed by atoms with Crippen molar-refractivity contribution in [2.24, 2.45) is 0 Å². The van der Waals surface area contributed by atoms with E-state index in [-0.39, 0.29) is 23.2 Å². The van der Waals surface area contributed by atoms with Crippen molar-refractivity contribution in [3.05, 3.63) is 47.0 Å². The molecule has 0 aliphatic carbocycles. The molecule has 1 unspecified atom stereocenters. The third-order valence-corrected chi connectivity index (χ3v) is 4.70. The Morgan fingerprint density at radius 1 is 0.913 bits per heavy atom. The number of phenols is 4. The molecule has 0 fully saturated rings. The fourth-order valence-corrected chi connectivity index (χ4v) is 2.79. The zero-order valence-electron chi connectivity index (χ0n) is 14.0. The highest BCUT2D eigenvalue weighted by Crippen LogP contribution is 2.45. The maximum Gasteiger partial charge on any atom is 0.200 e.